The number of piperidine rings is 1. The molecule has 0 N–H and O–H groups in total. The summed E-state index contributed by atoms with van der Waals surface area (Å²) in [6.45, 7) is 7.40. The number of halogens is 1. The van der Waals surface area contributed by atoms with Gasteiger partial charge in [0.25, 0.3) is 0 Å². The van der Waals surface area contributed by atoms with E-state index < -0.39 is 6.04 Å². The summed E-state index contributed by atoms with van der Waals surface area (Å²) in [7, 11) is 0. The lowest BCUT2D eigenvalue weighted by Gasteiger charge is -2.35. The van der Waals surface area contributed by atoms with E-state index in [-0.39, 0.29) is 17.7 Å². The van der Waals surface area contributed by atoms with Gasteiger partial charge < -0.3 is 9.64 Å². The molecule has 2 saturated heterocycles. The van der Waals surface area contributed by atoms with Gasteiger partial charge >= 0.3 is 5.97 Å². The van der Waals surface area contributed by atoms with Crippen LogP contribution in [0, 0.1) is 5.82 Å². The second-order valence-corrected chi connectivity index (χ2v) is 7.88. The lowest BCUT2D eigenvalue weighted by Crippen LogP contribution is -2.52. The lowest BCUT2D eigenvalue weighted by atomic mass is 10.0. The summed E-state index contributed by atoms with van der Waals surface area (Å²) >= 11 is 0. The fourth-order valence-corrected chi connectivity index (χ4v) is 4.18. The molecule has 6 nitrogen and oxygen atoms in total. The lowest BCUT2D eigenvalue weighted by molar-refractivity contribution is -0.157. The summed E-state index contributed by atoms with van der Waals surface area (Å²) in [5, 5.41) is 0. The van der Waals surface area contributed by atoms with Gasteiger partial charge in [0.2, 0.25) is 5.91 Å². The second kappa shape index (κ2) is 10.7. The summed E-state index contributed by atoms with van der Waals surface area (Å²) < 4.78 is 18.3. The number of esters is 1. The van der Waals surface area contributed by atoms with E-state index >= 15 is 0 Å². The highest BCUT2D eigenvalue weighted by atomic mass is 19.1. The average Bonchev–Trinajstić information content (AvgIpc) is 2.95. The van der Waals surface area contributed by atoms with E-state index in [9.17, 15) is 14.0 Å². The Morgan fingerprint density at radius 1 is 1.00 bits per heavy atom. The van der Waals surface area contributed by atoms with Crippen molar-refractivity contribution in [2.75, 3.05) is 45.9 Å². The molecule has 2 aliphatic heterocycles. The molecule has 0 saturated carbocycles. The first-order valence-electron chi connectivity index (χ1n) is 10.7. The molecule has 1 amide bonds. The summed E-state index contributed by atoms with van der Waals surface area (Å²) in [5.41, 5.74) is 1.10. The highest BCUT2D eigenvalue weighted by Gasteiger charge is 2.33. The van der Waals surface area contributed by atoms with Crippen LogP contribution in [0.25, 0.3) is 0 Å². The molecule has 0 aliphatic carbocycles. The number of ether oxygens (including phenoxy) is 1. The number of likely N-dealkylation sites (tertiary alicyclic amines) is 1. The van der Waals surface area contributed by atoms with Crippen LogP contribution in [0.4, 0.5) is 4.39 Å². The standard InChI is InChI=1S/C22H32FN3O3/c1-2-29-22(28)20-6-3-4-13-26(20)21(27)17-25-12-5-11-24(14-15-25)16-18-7-9-19(23)10-8-18/h7-10,20H,2-6,11-17H2,1H3. The summed E-state index contributed by atoms with van der Waals surface area (Å²) in [4.78, 5) is 31.4. The zero-order valence-corrected chi connectivity index (χ0v) is 17.3. The van der Waals surface area contributed by atoms with Crippen LogP contribution in [0.3, 0.4) is 0 Å². The van der Waals surface area contributed by atoms with E-state index in [4.69, 9.17) is 4.74 Å². The van der Waals surface area contributed by atoms with E-state index in [1.165, 1.54) is 12.1 Å². The molecule has 2 heterocycles. The number of benzene rings is 1. The minimum Gasteiger partial charge on any atom is -0.464 e. The molecule has 0 bridgehead atoms. The summed E-state index contributed by atoms with van der Waals surface area (Å²) in [6.07, 6.45) is 3.56. The Morgan fingerprint density at radius 3 is 2.48 bits per heavy atom. The van der Waals surface area contributed by atoms with E-state index in [0.29, 0.717) is 26.1 Å². The van der Waals surface area contributed by atoms with Gasteiger partial charge in [-0.05, 0) is 63.4 Å². The smallest absolute Gasteiger partial charge is 0.328 e. The third-order valence-electron chi connectivity index (χ3n) is 5.74. The highest BCUT2D eigenvalue weighted by Crippen LogP contribution is 2.19. The van der Waals surface area contributed by atoms with Crippen LogP contribution >= 0.6 is 0 Å². The highest BCUT2D eigenvalue weighted by molar-refractivity contribution is 5.85. The second-order valence-electron chi connectivity index (χ2n) is 7.88. The van der Waals surface area contributed by atoms with Gasteiger partial charge in [0.05, 0.1) is 13.2 Å². The van der Waals surface area contributed by atoms with Crippen LogP contribution in [0.15, 0.2) is 24.3 Å². The van der Waals surface area contributed by atoms with E-state index in [1.807, 2.05) is 12.1 Å². The molecule has 3 rings (SSSR count). The van der Waals surface area contributed by atoms with Gasteiger partial charge in [0.1, 0.15) is 11.9 Å². The molecule has 160 valence electrons. The Hall–Kier alpha value is -1.99. The minimum absolute atomic E-state index is 0.0229. The molecule has 1 atom stereocenters. The third-order valence-corrected chi connectivity index (χ3v) is 5.74. The minimum atomic E-state index is -0.432. The molecular formula is C22H32FN3O3. The maximum atomic E-state index is 13.1. The Labute approximate surface area is 172 Å². The molecule has 1 aromatic rings. The molecule has 29 heavy (non-hydrogen) atoms. The quantitative estimate of drug-likeness (QED) is 0.680. The number of amides is 1. The Balaban J connectivity index is 1.51. The third kappa shape index (κ3) is 6.24. The Morgan fingerprint density at radius 2 is 1.72 bits per heavy atom. The maximum absolute atomic E-state index is 13.1. The van der Waals surface area contributed by atoms with E-state index in [1.54, 1.807) is 11.8 Å². The van der Waals surface area contributed by atoms with Gasteiger partial charge in [0, 0.05) is 26.2 Å². The van der Waals surface area contributed by atoms with Crippen molar-refractivity contribution in [2.24, 2.45) is 0 Å². The predicted molar refractivity (Wildman–Crippen MR) is 109 cm³/mol. The number of nitrogens with zero attached hydrogens (tertiary/aromatic N) is 3. The van der Waals surface area contributed by atoms with Crippen LogP contribution in [-0.2, 0) is 20.9 Å². The largest absolute Gasteiger partial charge is 0.464 e. The van der Waals surface area contributed by atoms with Crippen molar-refractivity contribution < 1.29 is 18.7 Å². The van der Waals surface area contributed by atoms with Crippen LogP contribution in [0.5, 0.6) is 0 Å². The molecule has 2 fully saturated rings. The molecule has 1 unspecified atom stereocenters. The van der Waals surface area contributed by atoms with Gasteiger partial charge in [-0.25, -0.2) is 9.18 Å². The van der Waals surface area contributed by atoms with E-state index in [2.05, 4.69) is 9.80 Å². The van der Waals surface area contributed by atoms with Crippen molar-refractivity contribution in [3.05, 3.63) is 35.6 Å². The van der Waals surface area contributed by atoms with Gasteiger partial charge in [-0.2, -0.15) is 0 Å². The Kier molecular flexibility index (Phi) is 8.00. The van der Waals surface area contributed by atoms with Crippen LogP contribution in [-0.4, -0.2) is 78.5 Å². The normalized spacial score (nSPS) is 21.6. The molecule has 7 heteroatoms. The molecule has 2 aliphatic rings. The molecule has 1 aromatic carbocycles. The van der Waals surface area contributed by atoms with Crippen molar-refractivity contribution in [3.8, 4) is 0 Å². The first kappa shape index (κ1) is 21.7. The average molecular weight is 406 g/mol. The zero-order valence-electron chi connectivity index (χ0n) is 17.3. The van der Waals surface area contributed by atoms with Crippen molar-refractivity contribution in [1.29, 1.82) is 0 Å². The summed E-state index contributed by atoms with van der Waals surface area (Å²) in [5.74, 6) is -0.468. The molecule has 0 aromatic heterocycles. The fraction of sp³-hybridized carbons (Fsp3) is 0.636. The monoisotopic (exact) mass is 405 g/mol. The first-order chi connectivity index (χ1) is 14.1. The number of hydrogen-bond donors (Lipinski definition) is 0. The van der Waals surface area contributed by atoms with Crippen LogP contribution < -0.4 is 0 Å². The predicted octanol–water partition coefficient (Wildman–Crippen LogP) is 2.28. The van der Waals surface area contributed by atoms with Gasteiger partial charge in [-0.3, -0.25) is 14.6 Å². The topological polar surface area (TPSA) is 53.1 Å². The van der Waals surface area contributed by atoms with Gasteiger partial charge in [-0.1, -0.05) is 12.1 Å². The van der Waals surface area contributed by atoms with Crippen molar-refractivity contribution in [3.63, 3.8) is 0 Å². The van der Waals surface area contributed by atoms with Crippen LogP contribution in [0.2, 0.25) is 0 Å². The van der Waals surface area contributed by atoms with Crippen LogP contribution in [0.1, 0.15) is 38.2 Å². The fourth-order valence-electron chi connectivity index (χ4n) is 4.18. The van der Waals surface area contributed by atoms with Gasteiger partial charge in [-0.15, -0.1) is 0 Å². The number of rotatable bonds is 6. The Bertz CT molecular complexity index is 682. The van der Waals surface area contributed by atoms with E-state index in [0.717, 1.165) is 57.5 Å². The van der Waals surface area contributed by atoms with Gasteiger partial charge in [0.15, 0.2) is 0 Å². The first-order valence-corrected chi connectivity index (χ1v) is 10.7. The number of hydrogen-bond acceptors (Lipinski definition) is 5. The van der Waals surface area contributed by atoms with Crippen molar-refractivity contribution >= 4 is 11.9 Å². The van der Waals surface area contributed by atoms with Crippen molar-refractivity contribution in [1.82, 2.24) is 14.7 Å². The zero-order chi connectivity index (χ0) is 20.6. The molecule has 0 spiro atoms. The molecular weight excluding hydrogens is 373 g/mol. The molecule has 0 radical (unpaired) electrons. The number of carbonyl (C=O) groups excluding carboxylic acids is 2. The van der Waals surface area contributed by atoms with Crippen molar-refractivity contribution in [2.45, 2.75) is 45.2 Å². The number of carbonyl (C=O) groups is 2. The summed E-state index contributed by atoms with van der Waals surface area (Å²) in [6, 6.07) is 6.21. The maximum Gasteiger partial charge on any atom is 0.328 e. The SMILES string of the molecule is CCOC(=O)C1CCCCN1C(=O)CN1CCCN(Cc2ccc(F)cc2)CC1.